The molecule has 0 saturated carbocycles. The number of benzene rings is 1. The molecule has 0 aliphatic rings. The van der Waals surface area contributed by atoms with Crippen molar-refractivity contribution in [3.63, 3.8) is 0 Å². The minimum Gasteiger partial charge on any atom is -0.330 e. The van der Waals surface area contributed by atoms with Gasteiger partial charge in [-0.15, -0.1) is 12.4 Å². The van der Waals surface area contributed by atoms with Crippen LogP contribution in [-0.4, -0.2) is 12.5 Å². The maximum absolute atomic E-state index is 12.8. The number of nitrogens with one attached hydrogen (secondary N) is 1. The third-order valence-corrected chi connectivity index (χ3v) is 2.28. The fourth-order valence-electron chi connectivity index (χ4n) is 0.946. The van der Waals surface area contributed by atoms with Gasteiger partial charge < -0.3 is 11.1 Å². The largest absolute Gasteiger partial charge is 0.330 e. The molecule has 0 bridgehead atoms. The highest BCUT2D eigenvalue weighted by Crippen LogP contribution is 2.19. The van der Waals surface area contributed by atoms with Crippen molar-refractivity contribution in [2.45, 2.75) is 6.92 Å². The standard InChI is InChI=1S/C10H12ClFN2O.ClH/c1-6(5-13)10(15)14-7-2-3-9(12)8(11)4-7;/h2-4,6H,5,13H2,1H3,(H,14,15);1H. The summed E-state index contributed by atoms with van der Waals surface area (Å²) in [6.45, 7) is 1.97. The number of carbonyl (C=O) groups excluding carboxylic acids is 1. The number of anilines is 1. The van der Waals surface area contributed by atoms with E-state index in [1.807, 2.05) is 0 Å². The number of rotatable bonds is 3. The molecule has 90 valence electrons. The van der Waals surface area contributed by atoms with Crippen LogP contribution in [0.3, 0.4) is 0 Å². The number of amides is 1. The Hall–Kier alpha value is -0.840. The van der Waals surface area contributed by atoms with Gasteiger partial charge in [0.15, 0.2) is 0 Å². The zero-order chi connectivity index (χ0) is 11.4. The van der Waals surface area contributed by atoms with Crippen LogP contribution < -0.4 is 11.1 Å². The fourth-order valence-corrected chi connectivity index (χ4v) is 1.13. The van der Waals surface area contributed by atoms with E-state index >= 15 is 0 Å². The van der Waals surface area contributed by atoms with Crippen molar-refractivity contribution >= 4 is 35.6 Å². The monoisotopic (exact) mass is 266 g/mol. The molecule has 0 saturated heterocycles. The van der Waals surface area contributed by atoms with Crippen molar-refractivity contribution in [2.75, 3.05) is 11.9 Å². The summed E-state index contributed by atoms with van der Waals surface area (Å²) < 4.78 is 12.8. The summed E-state index contributed by atoms with van der Waals surface area (Å²) in [6.07, 6.45) is 0. The van der Waals surface area contributed by atoms with Crippen molar-refractivity contribution in [3.05, 3.63) is 29.0 Å². The average Bonchev–Trinajstić information content (AvgIpc) is 2.22. The second kappa shape index (κ2) is 6.68. The van der Waals surface area contributed by atoms with Crippen LogP contribution in [0.15, 0.2) is 18.2 Å². The zero-order valence-electron chi connectivity index (χ0n) is 8.67. The molecule has 6 heteroatoms. The summed E-state index contributed by atoms with van der Waals surface area (Å²) in [7, 11) is 0. The van der Waals surface area contributed by atoms with Crippen LogP contribution in [0.4, 0.5) is 10.1 Å². The third kappa shape index (κ3) is 3.96. The van der Waals surface area contributed by atoms with Gasteiger partial charge in [-0.2, -0.15) is 0 Å². The minimum atomic E-state index is -0.512. The van der Waals surface area contributed by atoms with Gasteiger partial charge in [-0.25, -0.2) is 4.39 Å². The van der Waals surface area contributed by atoms with Crippen molar-refractivity contribution in [3.8, 4) is 0 Å². The van der Waals surface area contributed by atoms with Gasteiger partial charge in [0.1, 0.15) is 5.82 Å². The fraction of sp³-hybridized carbons (Fsp3) is 0.300. The van der Waals surface area contributed by atoms with Crippen LogP contribution in [0.2, 0.25) is 5.02 Å². The second-order valence-corrected chi connectivity index (χ2v) is 3.66. The lowest BCUT2D eigenvalue weighted by Gasteiger charge is -2.10. The summed E-state index contributed by atoms with van der Waals surface area (Å²) >= 11 is 5.56. The molecule has 16 heavy (non-hydrogen) atoms. The molecule has 1 aromatic rings. The predicted octanol–water partition coefficient (Wildman–Crippen LogP) is 2.43. The van der Waals surface area contributed by atoms with Crippen molar-refractivity contribution in [1.29, 1.82) is 0 Å². The first kappa shape index (κ1) is 15.2. The molecule has 3 N–H and O–H groups in total. The molecule has 1 aromatic carbocycles. The quantitative estimate of drug-likeness (QED) is 0.883. The number of carbonyl (C=O) groups is 1. The van der Waals surface area contributed by atoms with E-state index in [1.54, 1.807) is 6.92 Å². The van der Waals surface area contributed by atoms with Gasteiger partial charge in [0.05, 0.1) is 5.02 Å². The SMILES string of the molecule is CC(CN)C(=O)Nc1ccc(F)c(Cl)c1.Cl. The molecule has 1 amide bonds. The minimum absolute atomic E-state index is 0. The van der Waals surface area contributed by atoms with Gasteiger partial charge in [0, 0.05) is 18.2 Å². The summed E-state index contributed by atoms with van der Waals surface area (Å²) in [5.41, 5.74) is 5.80. The molecule has 0 aromatic heterocycles. The van der Waals surface area contributed by atoms with Crippen LogP contribution in [0.25, 0.3) is 0 Å². The van der Waals surface area contributed by atoms with E-state index in [-0.39, 0.29) is 35.8 Å². The Kier molecular flexibility index (Phi) is 6.33. The maximum atomic E-state index is 12.8. The normalized spacial score (nSPS) is 11.5. The summed E-state index contributed by atoms with van der Waals surface area (Å²) in [6, 6.07) is 4.01. The van der Waals surface area contributed by atoms with E-state index in [0.717, 1.165) is 0 Å². The first-order valence-electron chi connectivity index (χ1n) is 4.50. The van der Waals surface area contributed by atoms with Crippen molar-refractivity contribution < 1.29 is 9.18 Å². The van der Waals surface area contributed by atoms with E-state index in [0.29, 0.717) is 5.69 Å². The molecule has 1 unspecified atom stereocenters. The van der Waals surface area contributed by atoms with Crippen molar-refractivity contribution in [1.82, 2.24) is 0 Å². The molecule has 1 atom stereocenters. The Morgan fingerprint density at radius 2 is 2.25 bits per heavy atom. The lowest BCUT2D eigenvalue weighted by Crippen LogP contribution is -2.26. The lowest BCUT2D eigenvalue weighted by atomic mass is 10.1. The Morgan fingerprint density at radius 3 is 2.75 bits per heavy atom. The smallest absolute Gasteiger partial charge is 0.228 e. The topological polar surface area (TPSA) is 55.1 Å². The molecule has 0 heterocycles. The van der Waals surface area contributed by atoms with Crippen molar-refractivity contribution in [2.24, 2.45) is 11.7 Å². The number of hydrogen-bond donors (Lipinski definition) is 2. The number of halogens is 3. The molecule has 0 aliphatic heterocycles. The number of nitrogens with two attached hydrogens (primary N) is 1. The van der Waals surface area contributed by atoms with Crippen LogP contribution in [0, 0.1) is 11.7 Å². The Bertz CT molecular complexity index is 374. The highest BCUT2D eigenvalue weighted by Gasteiger charge is 2.11. The Balaban J connectivity index is 0.00000225. The van der Waals surface area contributed by atoms with Gasteiger partial charge in [-0.3, -0.25) is 4.79 Å². The molecular weight excluding hydrogens is 254 g/mol. The Labute approximate surface area is 105 Å². The first-order valence-corrected chi connectivity index (χ1v) is 4.88. The molecule has 3 nitrogen and oxygen atoms in total. The third-order valence-electron chi connectivity index (χ3n) is 1.99. The molecule has 1 rings (SSSR count). The molecule has 0 spiro atoms. The Morgan fingerprint density at radius 1 is 1.62 bits per heavy atom. The molecule has 0 aliphatic carbocycles. The summed E-state index contributed by atoms with van der Waals surface area (Å²) in [5.74, 6) is -1.00. The van der Waals surface area contributed by atoms with Crippen LogP contribution in [0.5, 0.6) is 0 Å². The van der Waals surface area contributed by atoms with Gasteiger partial charge >= 0.3 is 0 Å². The van der Waals surface area contributed by atoms with E-state index in [1.165, 1.54) is 18.2 Å². The highest BCUT2D eigenvalue weighted by atomic mass is 35.5. The van der Waals surface area contributed by atoms with E-state index < -0.39 is 5.82 Å². The highest BCUT2D eigenvalue weighted by molar-refractivity contribution is 6.31. The van der Waals surface area contributed by atoms with Gasteiger partial charge in [-0.05, 0) is 18.2 Å². The van der Waals surface area contributed by atoms with Crippen LogP contribution >= 0.6 is 24.0 Å². The van der Waals surface area contributed by atoms with Gasteiger partial charge in [-0.1, -0.05) is 18.5 Å². The predicted molar refractivity (Wildman–Crippen MR) is 65.5 cm³/mol. The van der Waals surface area contributed by atoms with Gasteiger partial charge in [0.2, 0.25) is 5.91 Å². The van der Waals surface area contributed by atoms with E-state index in [2.05, 4.69) is 5.32 Å². The number of hydrogen-bond acceptors (Lipinski definition) is 2. The van der Waals surface area contributed by atoms with Crippen LogP contribution in [0.1, 0.15) is 6.92 Å². The van der Waals surface area contributed by atoms with E-state index in [9.17, 15) is 9.18 Å². The summed E-state index contributed by atoms with van der Waals surface area (Å²) in [4.78, 5) is 11.4. The molecule has 0 fully saturated rings. The first-order chi connectivity index (χ1) is 7.04. The molecule has 0 radical (unpaired) electrons. The van der Waals surface area contributed by atoms with Gasteiger partial charge in [0.25, 0.3) is 0 Å². The second-order valence-electron chi connectivity index (χ2n) is 3.25. The van der Waals surface area contributed by atoms with E-state index in [4.69, 9.17) is 17.3 Å². The average molecular weight is 267 g/mol. The zero-order valence-corrected chi connectivity index (χ0v) is 10.2. The molecular formula is C10H13Cl2FN2O. The van der Waals surface area contributed by atoms with Crippen LogP contribution in [-0.2, 0) is 4.79 Å². The lowest BCUT2D eigenvalue weighted by molar-refractivity contribution is -0.119. The maximum Gasteiger partial charge on any atom is 0.228 e. The summed E-state index contributed by atoms with van der Waals surface area (Å²) in [5, 5.41) is 2.57.